The highest BCUT2D eigenvalue weighted by molar-refractivity contribution is 9.13. The summed E-state index contributed by atoms with van der Waals surface area (Å²) in [5.74, 6) is 0.886. The van der Waals surface area contributed by atoms with Gasteiger partial charge in [-0.3, -0.25) is 0 Å². The predicted molar refractivity (Wildman–Crippen MR) is 96.4 cm³/mol. The average molecular weight is 452 g/mol. The first-order chi connectivity index (χ1) is 10.7. The van der Waals surface area contributed by atoms with Crippen molar-refractivity contribution in [1.82, 2.24) is 10.2 Å². The number of likely N-dealkylation sites (tertiary alicyclic amines) is 1. The van der Waals surface area contributed by atoms with Crippen molar-refractivity contribution in [3.8, 4) is 0 Å². The summed E-state index contributed by atoms with van der Waals surface area (Å²) in [7, 11) is 0. The lowest BCUT2D eigenvalue weighted by Crippen LogP contribution is -2.38. The predicted octanol–water partition coefficient (Wildman–Crippen LogP) is 4.68. The first-order valence-corrected chi connectivity index (χ1v) is 9.48. The molecule has 0 aliphatic carbocycles. The van der Waals surface area contributed by atoms with Crippen molar-refractivity contribution < 1.29 is 13.9 Å². The quantitative estimate of drug-likeness (QED) is 0.724. The molecule has 23 heavy (non-hydrogen) atoms. The van der Waals surface area contributed by atoms with Gasteiger partial charge in [0.15, 0.2) is 4.67 Å². The van der Waals surface area contributed by atoms with Crippen LogP contribution in [0, 0.1) is 0 Å². The third kappa shape index (κ3) is 6.12. The zero-order valence-electron chi connectivity index (χ0n) is 13.8. The van der Waals surface area contributed by atoms with Crippen LogP contribution in [0.4, 0.5) is 4.79 Å². The van der Waals surface area contributed by atoms with Gasteiger partial charge >= 0.3 is 6.09 Å². The first-order valence-electron chi connectivity index (χ1n) is 7.89. The molecule has 1 aromatic rings. The van der Waals surface area contributed by atoms with Crippen LogP contribution < -0.4 is 5.32 Å². The van der Waals surface area contributed by atoms with Crippen molar-refractivity contribution in [2.24, 2.45) is 0 Å². The molecular weight excluding hydrogens is 428 g/mol. The van der Waals surface area contributed by atoms with Gasteiger partial charge in [0.25, 0.3) is 0 Å². The van der Waals surface area contributed by atoms with Gasteiger partial charge in [0, 0.05) is 19.1 Å². The largest absolute Gasteiger partial charge is 0.452 e. The molecule has 0 radical (unpaired) electrons. The molecule has 2 heterocycles. The molecule has 1 fully saturated rings. The Labute approximate surface area is 154 Å². The van der Waals surface area contributed by atoms with Gasteiger partial charge in [-0.1, -0.05) is 0 Å². The molecule has 1 saturated heterocycles. The fourth-order valence-electron chi connectivity index (χ4n) is 2.53. The summed E-state index contributed by atoms with van der Waals surface area (Å²) in [6.45, 7) is 7.84. The van der Waals surface area contributed by atoms with Gasteiger partial charge in [-0.15, -0.1) is 0 Å². The van der Waals surface area contributed by atoms with Gasteiger partial charge in [0.05, 0.1) is 11.0 Å². The van der Waals surface area contributed by atoms with Crippen molar-refractivity contribution in [3.63, 3.8) is 0 Å². The van der Waals surface area contributed by atoms with Gasteiger partial charge in [-0.2, -0.15) is 0 Å². The van der Waals surface area contributed by atoms with Crippen LogP contribution in [0.25, 0.3) is 0 Å². The Balaban J connectivity index is 1.80. The van der Waals surface area contributed by atoms with Crippen LogP contribution in [0.2, 0.25) is 0 Å². The van der Waals surface area contributed by atoms with E-state index in [0.29, 0.717) is 17.3 Å². The van der Waals surface area contributed by atoms with Gasteiger partial charge in [-0.05, 0) is 78.0 Å². The highest BCUT2D eigenvalue weighted by Gasteiger charge is 2.25. The molecule has 0 aromatic carbocycles. The summed E-state index contributed by atoms with van der Waals surface area (Å²) in [5, 5.41) is 3.51. The van der Waals surface area contributed by atoms with Gasteiger partial charge < -0.3 is 19.4 Å². The normalized spacial score (nSPS) is 19.5. The molecule has 1 unspecified atom stereocenters. The summed E-state index contributed by atoms with van der Waals surface area (Å²) >= 11 is 6.76. The van der Waals surface area contributed by atoms with Crippen LogP contribution in [-0.4, -0.2) is 35.7 Å². The Hall–Kier alpha value is -0.530. The van der Waals surface area contributed by atoms with E-state index >= 15 is 0 Å². The van der Waals surface area contributed by atoms with Gasteiger partial charge in [0.2, 0.25) is 0 Å². The molecular formula is C16H24Br2N2O3. The minimum absolute atomic E-state index is 0.211. The first kappa shape index (κ1) is 18.8. The number of halogens is 2. The van der Waals surface area contributed by atoms with Crippen molar-refractivity contribution >= 4 is 38.0 Å². The Morgan fingerprint density at radius 2 is 2.13 bits per heavy atom. The van der Waals surface area contributed by atoms with E-state index in [9.17, 15) is 4.79 Å². The minimum atomic E-state index is -0.443. The average Bonchev–Trinajstić information content (AvgIpc) is 2.64. The van der Waals surface area contributed by atoms with E-state index in [1.807, 2.05) is 31.7 Å². The van der Waals surface area contributed by atoms with Crippen LogP contribution in [0.1, 0.15) is 45.8 Å². The molecule has 1 aliphatic rings. The van der Waals surface area contributed by atoms with Crippen LogP contribution in [0.3, 0.4) is 0 Å². The summed E-state index contributed by atoms with van der Waals surface area (Å²) in [5.41, 5.74) is -0.443. The number of hydrogen-bond acceptors (Lipinski definition) is 4. The van der Waals surface area contributed by atoms with Crippen molar-refractivity contribution in [1.29, 1.82) is 0 Å². The number of amides is 1. The molecule has 5 nitrogen and oxygen atoms in total. The van der Waals surface area contributed by atoms with Gasteiger partial charge in [0.1, 0.15) is 11.4 Å². The maximum absolute atomic E-state index is 12.2. The van der Waals surface area contributed by atoms with E-state index in [2.05, 4.69) is 37.2 Å². The Morgan fingerprint density at radius 1 is 1.39 bits per heavy atom. The molecule has 130 valence electrons. The number of rotatable bonds is 3. The second-order valence-electron chi connectivity index (χ2n) is 6.81. The SMILES string of the molecule is CC(C)(C)OC(=O)N1CCCC(NCc2cc(Br)c(Br)o2)CC1. The number of carbonyl (C=O) groups is 1. The van der Waals surface area contributed by atoms with E-state index in [1.165, 1.54) is 0 Å². The molecule has 1 amide bonds. The Morgan fingerprint density at radius 3 is 2.74 bits per heavy atom. The fourth-order valence-corrected chi connectivity index (χ4v) is 3.19. The molecule has 1 atom stereocenters. The zero-order valence-corrected chi connectivity index (χ0v) is 17.0. The Kier molecular flexibility index (Phi) is 6.57. The van der Waals surface area contributed by atoms with Gasteiger partial charge in [-0.25, -0.2) is 4.79 Å². The monoisotopic (exact) mass is 450 g/mol. The topological polar surface area (TPSA) is 54.7 Å². The molecule has 2 rings (SSSR count). The smallest absolute Gasteiger partial charge is 0.410 e. The van der Waals surface area contributed by atoms with Crippen molar-refractivity contribution in [2.45, 2.75) is 58.2 Å². The molecule has 0 saturated carbocycles. The highest BCUT2D eigenvalue weighted by Crippen LogP contribution is 2.26. The molecule has 1 N–H and O–H groups in total. The van der Waals surface area contributed by atoms with E-state index in [-0.39, 0.29) is 6.09 Å². The van der Waals surface area contributed by atoms with E-state index in [0.717, 1.165) is 42.6 Å². The van der Waals surface area contributed by atoms with E-state index < -0.39 is 5.60 Å². The standard InChI is InChI=1S/C16H24Br2N2O3/c1-16(2,3)23-15(21)20-7-4-5-11(6-8-20)19-10-12-9-13(17)14(18)22-12/h9,11,19H,4-8,10H2,1-3H3. The van der Waals surface area contributed by atoms with Crippen LogP contribution in [0.5, 0.6) is 0 Å². The number of nitrogens with zero attached hydrogens (tertiary/aromatic N) is 1. The second-order valence-corrected chi connectivity index (χ2v) is 8.39. The zero-order chi connectivity index (χ0) is 17.0. The summed E-state index contributed by atoms with van der Waals surface area (Å²) in [4.78, 5) is 14.0. The maximum atomic E-state index is 12.2. The third-order valence-corrected chi connectivity index (χ3v) is 5.35. The summed E-state index contributed by atoms with van der Waals surface area (Å²) < 4.78 is 12.7. The second kappa shape index (κ2) is 8.03. The van der Waals surface area contributed by atoms with Crippen LogP contribution in [0.15, 0.2) is 19.6 Å². The number of furan rings is 1. The summed E-state index contributed by atoms with van der Waals surface area (Å²) in [6, 6.07) is 2.34. The number of hydrogen-bond donors (Lipinski definition) is 1. The third-order valence-electron chi connectivity index (χ3n) is 3.64. The van der Waals surface area contributed by atoms with Crippen molar-refractivity contribution in [3.05, 3.63) is 21.0 Å². The highest BCUT2D eigenvalue weighted by atomic mass is 79.9. The lowest BCUT2D eigenvalue weighted by molar-refractivity contribution is 0.0256. The van der Waals surface area contributed by atoms with Crippen LogP contribution in [-0.2, 0) is 11.3 Å². The lowest BCUT2D eigenvalue weighted by atomic mass is 10.1. The summed E-state index contributed by atoms with van der Waals surface area (Å²) in [6.07, 6.45) is 2.73. The molecule has 0 spiro atoms. The molecule has 0 bridgehead atoms. The number of nitrogens with one attached hydrogen (secondary N) is 1. The lowest BCUT2D eigenvalue weighted by Gasteiger charge is -2.26. The number of ether oxygens (including phenoxy) is 1. The van der Waals surface area contributed by atoms with E-state index in [4.69, 9.17) is 9.15 Å². The maximum Gasteiger partial charge on any atom is 0.410 e. The Bertz CT molecular complexity index is 520. The molecule has 1 aliphatic heterocycles. The minimum Gasteiger partial charge on any atom is -0.452 e. The van der Waals surface area contributed by atoms with Crippen molar-refractivity contribution in [2.75, 3.05) is 13.1 Å². The molecule has 1 aromatic heterocycles. The molecule has 7 heteroatoms. The van der Waals surface area contributed by atoms with Crippen LogP contribution >= 0.6 is 31.9 Å². The number of carbonyl (C=O) groups excluding carboxylic acids is 1. The fraction of sp³-hybridized carbons (Fsp3) is 0.688. The van der Waals surface area contributed by atoms with E-state index in [1.54, 1.807) is 0 Å².